The molecule has 0 saturated heterocycles. The van der Waals surface area contributed by atoms with Gasteiger partial charge < -0.3 is 10.2 Å². The third kappa shape index (κ3) is 2.57. The van der Waals surface area contributed by atoms with Crippen LogP contribution >= 0.6 is 0 Å². The zero-order valence-corrected chi connectivity index (χ0v) is 10.5. The van der Waals surface area contributed by atoms with Gasteiger partial charge >= 0.3 is 5.97 Å². The molecule has 1 aromatic carbocycles. The number of hydrogen-bond donors (Lipinski definition) is 2. The van der Waals surface area contributed by atoms with Gasteiger partial charge in [-0.25, -0.2) is 22.6 Å². The number of carboxylic acids is 1. The molecule has 2 N–H and O–H groups in total. The molecule has 2 atom stereocenters. The Bertz CT molecular complexity index is 689. The summed E-state index contributed by atoms with van der Waals surface area (Å²) in [6.07, 6.45) is -1.40. The highest BCUT2D eigenvalue weighted by atomic mass is 19.2. The van der Waals surface area contributed by atoms with Gasteiger partial charge in [0.25, 0.3) is 0 Å². The van der Waals surface area contributed by atoms with Crippen LogP contribution in [0.4, 0.5) is 13.2 Å². The fraction of sp³-hybridized carbons (Fsp3) is 0.273. The standard InChI is InChI=1S/C11H9F3N4O3/c1-4(19)9(11(20)21)18-10(15-16-17-18)5-2-3-6(12)8(14)7(5)13/h2-4,9,19H,1H3,(H,20,21). The average Bonchev–Trinajstić information content (AvgIpc) is 2.84. The van der Waals surface area contributed by atoms with E-state index in [0.717, 1.165) is 6.07 Å². The van der Waals surface area contributed by atoms with Gasteiger partial charge in [0, 0.05) is 0 Å². The van der Waals surface area contributed by atoms with Crippen LogP contribution in [0.5, 0.6) is 0 Å². The lowest BCUT2D eigenvalue weighted by Gasteiger charge is -2.16. The number of aliphatic carboxylic acids is 1. The van der Waals surface area contributed by atoms with E-state index in [0.29, 0.717) is 10.7 Å². The van der Waals surface area contributed by atoms with Gasteiger partial charge in [0.2, 0.25) is 0 Å². The maximum Gasteiger partial charge on any atom is 0.331 e. The summed E-state index contributed by atoms with van der Waals surface area (Å²) >= 11 is 0. The topological polar surface area (TPSA) is 101 Å². The van der Waals surface area contributed by atoms with Gasteiger partial charge in [-0.2, -0.15) is 0 Å². The molecule has 0 saturated carbocycles. The number of carboxylic acid groups (broad SMARTS) is 1. The number of aromatic nitrogens is 4. The van der Waals surface area contributed by atoms with Crippen molar-refractivity contribution in [3.63, 3.8) is 0 Å². The van der Waals surface area contributed by atoms with Gasteiger partial charge in [0.15, 0.2) is 29.3 Å². The average molecular weight is 302 g/mol. The first-order chi connectivity index (χ1) is 9.84. The summed E-state index contributed by atoms with van der Waals surface area (Å²) in [6, 6.07) is -0.0792. The Morgan fingerprint density at radius 1 is 1.29 bits per heavy atom. The lowest BCUT2D eigenvalue weighted by atomic mass is 10.1. The van der Waals surface area contributed by atoms with Gasteiger partial charge in [-0.1, -0.05) is 0 Å². The zero-order chi connectivity index (χ0) is 15.7. The molecular formula is C11H9F3N4O3. The van der Waals surface area contributed by atoms with Gasteiger partial charge in [0.05, 0.1) is 11.7 Å². The van der Waals surface area contributed by atoms with Crippen molar-refractivity contribution in [2.75, 3.05) is 0 Å². The number of benzene rings is 1. The van der Waals surface area contributed by atoms with Crippen molar-refractivity contribution in [2.24, 2.45) is 0 Å². The summed E-state index contributed by atoms with van der Waals surface area (Å²) in [6.45, 7) is 1.17. The molecule has 0 amide bonds. The molecule has 2 rings (SSSR count). The van der Waals surface area contributed by atoms with Crippen molar-refractivity contribution < 1.29 is 28.2 Å². The Kier molecular flexibility index (Phi) is 3.89. The van der Waals surface area contributed by atoms with Crippen molar-refractivity contribution in [3.8, 4) is 11.4 Å². The lowest BCUT2D eigenvalue weighted by molar-refractivity contribution is -0.144. The highest BCUT2D eigenvalue weighted by Gasteiger charge is 2.31. The molecule has 1 heterocycles. The first-order valence-electron chi connectivity index (χ1n) is 5.67. The number of tetrazole rings is 1. The van der Waals surface area contributed by atoms with Crippen LogP contribution in [0.1, 0.15) is 13.0 Å². The number of rotatable bonds is 4. The van der Waals surface area contributed by atoms with E-state index in [1.807, 2.05) is 0 Å². The molecule has 0 aliphatic rings. The second-order valence-corrected chi connectivity index (χ2v) is 4.19. The fourth-order valence-corrected chi connectivity index (χ4v) is 1.77. The highest BCUT2D eigenvalue weighted by molar-refractivity contribution is 5.73. The van der Waals surface area contributed by atoms with E-state index < -0.39 is 47.0 Å². The minimum atomic E-state index is -1.73. The second kappa shape index (κ2) is 5.48. The minimum Gasteiger partial charge on any atom is -0.480 e. The maximum absolute atomic E-state index is 13.7. The van der Waals surface area contributed by atoms with E-state index in [9.17, 15) is 23.1 Å². The molecule has 1 aromatic heterocycles. The van der Waals surface area contributed by atoms with Gasteiger partial charge in [-0.3, -0.25) is 0 Å². The van der Waals surface area contributed by atoms with E-state index in [4.69, 9.17) is 5.11 Å². The predicted molar refractivity (Wildman–Crippen MR) is 61.5 cm³/mol. The van der Waals surface area contributed by atoms with E-state index in [-0.39, 0.29) is 0 Å². The van der Waals surface area contributed by atoms with Crippen molar-refractivity contribution in [2.45, 2.75) is 19.1 Å². The molecule has 0 aliphatic heterocycles. The molecule has 0 aliphatic carbocycles. The summed E-state index contributed by atoms with van der Waals surface area (Å²) in [5.41, 5.74) is -0.522. The van der Waals surface area contributed by atoms with E-state index in [1.54, 1.807) is 0 Å². The molecular weight excluding hydrogens is 293 g/mol. The Hall–Kier alpha value is -2.49. The van der Waals surface area contributed by atoms with Crippen LogP contribution in [-0.2, 0) is 4.79 Å². The first kappa shape index (κ1) is 14.9. The van der Waals surface area contributed by atoms with E-state index in [2.05, 4.69) is 15.5 Å². The second-order valence-electron chi connectivity index (χ2n) is 4.19. The van der Waals surface area contributed by atoms with Gasteiger partial charge in [-0.05, 0) is 29.5 Å². The summed E-state index contributed by atoms with van der Waals surface area (Å²) in [5, 5.41) is 28.5. The van der Waals surface area contributed by atoms with Gasteiger partial charge in [-0.15, -0.1) is 5.10 Å². The van der Waals surface area contributed by atoms with E-state index >= 15 is 0 Å². The molecule has 0 radical (unpaired) electrons. The van der Waals surface area contributed by atoms with Crippen LogP contribution < -0.4 is 0 Å². The molecule has 7 nitrogen and oxygen atoms in total. The molecule has 112 valence electrons. The minimum absolute atomic E-state index is 0.445. The third-order valence-corrected chi connectivity index (χ3v) is 2.74. The lowest BCUT2D eigenvalue weighted by Crippen LogP contribution is -2.30. The Morgan fingerprint density at radius 3 is 2.52 bits per heavy atom. The number of aliphatic hydroxyl groups is 1. The van der Waals surface area contributed by atoms with Gasteiger partial charge in [0.1, 0.15) is 0 Å². The first-order valence-corrected chi connectivity index (χ1v) is 5.67. The summed E-state index contributed by atoms with van der Waals surface area (Å²) < 4.78 is 40.5. The normalized spacial score (nSPS) is 14.0. The van der Waals surface area contributed by atoms with Crippen molar-refractivity contribution in [1.29, 1.82) is 0 Å². The third-order valence-electron chi connectivity index (χ3n) is 2.74. The fourth-order valence-electron chi connectivity index (χ4n) is 1.77. The van der Waals surface area contributed by atoms with Crippen molar-refractivity contribution in [1.82, 2.24) is 20.2 Å². The van der Waals surface area contributed by atoms with Crippen LogP contribution in [0.15, 0.2) is 12.1 Å². The van der Waals surface area contributed by atoms with Crippen molar-refractivity contribution in [3.05, 3.63) is 29.6 Å². The Balaban J connectivity index is 2.60. The number of halogens is 3. The molecule has 2 unspecified atom stereocenters. The van der Waals surface area contributed by atoms with Crippen LogP contribution in [0, 0.1) is 17.5 Å². The molecule has 0 bridgehead atoms. The summed E-state index contributed by atoms with van der Waals surface area (Å²) in [5.74, 6) is -6.60. The van der Waals surface area contributed by atoms with Crippen LogP contribution in [0.25, 0.3) is 11.4 Å². The van der Waals surface area contributed by atoms with Crippen LogP contribution in [0.2, 0.25) is 0 Å². The Labute approximate surface area is 115 Å². The number of hydrogen-bond acceptors (Lipinski definition) is 5. The molecule has 2 aromatic rings. The molecule has 21 heavy (non-hydrogen) atoms. The van der Waals surface area contributed by atoms with E-state index in [1.165, 1.54) is 6.92 Å². The summed E-state index contributed by atoms with van der Waals surface area (Å²) in [4.78, 5) is 11.1. The number of nitrogens with zero attached hydrogens (tertiary/aromatic N) is 4. The van der Waals surface area contributed by atoms with Crippen LogP contribution in [-0.4, -0.2) is 42.5 Å². The smallest absolute Gasteiger partial charge is 0.331 e. The quantitative estimate of drug-likeness (QED) is 0.809. The molecule has 0 spiro atoms. The number of aliphatic hydroxyl groups excluding tert-OH is 1. The largest absolute Gasteiger partial charge is 0.480 e. The zero-order valence-electron chi connectivity index (χ0n) is 10.5. The van der Waals surface area contributed by atoms with Crippen LogP contribution in [0.3, 0.4) is 0 Å². The number of carbonyl (C=O) groups is 1. The molecule has 0 fully saturated rings. The summed E-state index contributed by atoms with van der Waals surface area (Å²) in [7, 11) is 0. The molecule has 10 heteroatoms. The van der Waals surface area contributed by atoms with Crippen molar-refractivity contribution >= 4 is 5.97 Å². The Morgan fingerprint density at radius 2 is 1.95 bits per heavy atom. The monoisotopic (exact) mass is 302 g/mol. The SMILES string of the molecule is CC(O)C(C(=O)O)n1nnnc1-c1ccc(F)c(F)c1F. The maximum atomic E-state index is 13.7. The predicted octanol–water partition coefficient (Wildman–Crippen LogP) is 0.764. The highest BCUT2D eigenvalue weighted by Crippen LogP contribution is 2.26.